The third kappa shape index (κ3) is 5.99. The Bertz CT molecular complexity index is 1160. The van der Waals surface area contributed by atoms with Gasteiger partial charge in [-0.2, -0.15) is 0 Å². The number of hydrogen-bond acceptors (Lipinski definition) is 8. The Morgan fingerprint density at radius 3 is 2.70 bits per heavy atom. The molecule has 5 N–H and O–H groups in total. The predicted octanol–water partition coefficient (Wildman–Crippen LogP) is 2.71. The zero-order chi connectivity index (χ0) is 21.7. The molecule has 0 spiro atoms. The molecule has 1 aromatic carbocycles. The van der Waals surface area contributed by atoms with Gasteiger partial charge in [-0.15, -0.1) is 10.2 Å². The first-order valence-corrected chi connectivity index (χ1v) is 10.8. The summed E-state index contributed by atoms with van der Waals surface area (Å²) in [6.07, 6.45) is 1.67. The molecule has 158 valence electrons. The molecular formula is C18H18ClFN6O3S. The number of pyridine rings is 1. The lowest BCUT2D eigenvalue weighted by Gasteiger charge is -2.13. The molecule has 30 heavy (non-hydrogen) atoms. The van der Waals surface area contributed by atoms with Crippen molar-refractivity contribution in [3.05, 3.63) is 53.4 Å². The lowest BCUT2D eigenvalue weighted by molar-refractivity contribution is 0.304. The van der Waals surface area contributed by atoms with Crippen LogP contribution in [0, 0.1) is 5.82 Å². The van der Waals surface area contributed by atoms with Crippen LogP contribution in [0.25, 0.3) is 11.3 Å². The van der Waals surface area contributed by atoms with Crippen molar-refractivity contribution in [1.29, 1.82) is 0 Å². The van der Waals surface area contributed by atoms with E-state index in [9.17, 15) is 12.8 Å². The smallest absolute Gasteiger partial charge is 0.257 e. The van der Waals surface area contributed by atoms with Gasteiger partial charge in [-0.1, -0.05) is 11.6 Å². The minimum absolute atomic E-state index is 0.0309. The summed E-state index contributed by atoms with van der Waals surface area (Å²) in [5.74, 6) is -0.380. The number of nitrogens with one attached hydrogen (secondary N) is 1. The first-order chi connectivity index (χ1) is 14.2. The number of rotatable bonds is 8. The number of primary sulfonamides is 1. The minimum atomic E-state index is -3.60. The molecular weight excluding hydrogens is 435 g/mol. The van der Waals surface area contributed by atoms with E-state index in [1.807, 2.05) is 0 Å². The molecule has 0 radical (unpaired) electrons. The van der Waals surface area contributed by atoms with E-state index in [0.717, 1.165) is 0 Å². The number of hydrogen-bond donors (Lipinski definition) is 3. The van der Waals surface area contributed by atoms with Crippen molar-refractivity contribution in [2.75, 3.05) is 23.4 Å². The molecule has 0 unspecified atom stereocenters. The van der Waals surface area contributed by atoms with Gasteiger partial charge in [-0.25, -0.2) is 22.9 Å². The molecule has 0 atom stereocenters. The highest BCUT2D eigenvalue weighted by atomic mass is 35.5. The molecule has 3 aromatic rings. The van der Waals surface area contributed by atoms with Crippen LogP contribution in [0.3, 0.4) is 0 Å². The maximum Gasteiger partial charge on any atom is 0.257 e. The van der Waals surface area contributed by atoms with Crippen molar-refractivity contribution in [1.82, 2.24) is 15.2 Å². The van der Waals surface area contributed by atoms with Crippen LogP contribution in [0.5, 0.6) is 5.88 Å². The second-order valence-corrected chi connectivity index (χ2v) is 8.41. The van der Waals surface area contributed by atoms with E-state index in [1.54, 1.807) is 12.1 Å². The fourth-order valence-electron chi connectivity index (χ4n) is 2.51. The highest BCUT2D eigenvalue weighted by molar-refractivity contribution is 7.89. The van der Waals surface area contributed by atoms with Crippen LogP contribution in [0.4, 0.5) is 21.6 Å². The summed E-state index contributed by atoms with van der Waals surface area (Å²) in [5.41, 5.74) is 7.03. The number of ether oxygens (including phenoxy) is 1. The zero-order valence-electron chi connectivity index (χ0n) is 15.5. The summed E-state index contributed by atoms with van der Waals surface area (Å²) in [7, 11) is -3.60. The Labute approximate surface area is 177 Å². The fourth-order valence-corrected chi connectivity index (χ4v) is 3.20. The first kappa shape index (κ1) is 21.7. The SMILES string of the molecule is Nc1cc(Nc2cc(-c3cc(Cl)ccc3F)nnc2OCCCS(N)(=O)=O)ccn1. The summed E-state index contributed by atoms with van der Waals surface area (Å²) >= 11 is 5.97. The van der Waals surface area contributed by atoms with Crippen LogP contribution in [0.1, 0.15) is 6.42 Å². The Morgan fingerprint density at radius 2 is 1.97 bits per heavy atom. The monoisotopic (exact) mass is 452 g/mol. The van der Waals surface area contributed by atoms with Crippen molar-refractivity contribution in [3.63, 3.8) is 0 Å². The van der Waals surface area contributed by atoms with Gasteiger partial charge < -0.3 is 15.8 Å². The topological polar surface area (TPSA) is 146 Å². The number of benzene rings is 1. The highest BCUT2D eigenvalue weighted by Gasteiger charge is 2.14. The number of nitrogens with zero attached hydrogens (tertiary/aromatic N) is 3. The molecule has 12 heteroatoms. The number of aromatic nitrogens is 3. The summed E-state index contributed by atoms with van der Waals surface area (Å²) in [5, 5.41) is 16.4. The molecule has 0 saturated carbocycles. The lowest BCUT2D eigenvalue weighted by Crippen LogP contribution is -2.18. The van der Waals surface area contributed by atoms with E-state index in [4.69, 9.17) is 27.2 Å². The normalized spacial score (nSPS) is 11.3. The van der Waals surface area contributed by atoms with Crippen molar-refractivity contribution in [2.45, 2.75) is 6.42 Å². The van der Waals surface area contributed by atoms with Gasteiger partial charge in [-0.3, -0.25) is 0 Å². The molecule has 0 saturated heterocycles. The van der Waals surface area contributed by atoms with Crippen LogP contribution in [-0.4, -0.2) is 36.0 Å². The van der Waals surface area contributed by atoms with Gasteiger partial charge in [0.15, 0.2) is 0 Å². The summed E-state index contributed by atoms with van der Waals surface area (Å²) in [4.78, 5) is 3.92. The number of halogens is 2. The molecule has 0 aliphatic heterocycles. The molecule has 0 amide bonds. The maximum absolute atomic E-state index is 14.3. The average molecular weight is 453 g/mol. The largest absolute Gasteiger partial charge is 0.475 e. The summed E-state index contributed by atoms with van der Waals surface area (Å²) in [6.45, 7) is 0.0309. The number of sulfonamides is 1. The lowest BCUT2D eigenvalue weighted by atomic mass is 10.1. The Morgan fingerprint density at radius 1 is 1.17 bits per heavy atom. The average Bonchev–Trinajstić information content (AvgIpc) is 2.67. The molecule has 3 rings (SSSR count). The maximum atomic E-state index is 14.3. The molecule has 0 bridgehead atoms. The van der Waals surface area contributed by atoms with Gasteiger partial charge in [0.2, 0.25) is 10.0 Å². The molecule has 9 nitrogen and oxygen atoms in total. The van der Waals surface area contributed by atoms with E-state index in [-0.39, 0.29) is 35.9 Å². The van der Waals surface area contributed by atoms with E-state index in [2.05, 4.69) is 20.5 Å². The van der Waals surface area contributed by atoms with Crippen molar-refractivity contribution in [3.8, 4) is 17.1 Å². The quantitative estimate of drug-likeness (QED) is 0.442. The van der Waals surface area contributed by atoms with Crippen molar-refractivity contribution < 1.29 is 17.5 Å². The van der Waals surface area contributed by atoms with E-state index >= 15 is 0 Å². The van der Waals surface area contributed by atoms with Gasteiger partial charge in [-0.05, 0) is 36.8 Å². The van der Waals surface area contributed by atoms with Crippen LogP contribution < -0.4 is 20.9 Å². The standard InChI is InChI=1S/C18H18ClFN6O3S/c19-11-2-3-14(20)13(8-11)15-10-16(24-12-4-5-23-17(21)9-12)18(26-25-15)29-6-1-7-30(22,27)28/h2-5,8-10H,1,6-7H2,(H2,22,27,28)(H3,21,23,24,25). The predicted molar refractivity (Wildman–Crippen MR) is 112 cm³/mol. The first-order valence-electron chi connectivity index (χ1n) is 8.66. The highest BCUT2D eigenvalue weighted by Crippen LogP contribution is 2.31. The van der Waals surface area contributed by atoms with Crippen molar-refractivity contribution >= 4 is 38.8 Å². The minimum Gasteiger partial charge on any atom is -0.475 e. The van der Waals surface area contributed by atoms with Gasteiger partial charge in [0.05, 0.1) is 18.1 Å². The van der Waals surface area contributed by atoms with Crippen LogP contribution in [0.15, 0.2) is 42.6 Å². The number of nitrogens with two attached hydrogens (primary N) is 2. The van der Waals surface area contributed by atoms with E-state index in [0.29, 0.717) is 22.2 Å². The second kappa shape index (κ2) is 9.20. The second-order valence-electron chi connectivity index (χ2n) is 6.24. The molecule has 0 aliphatic rings. The molecule has 0 aliphatic carbocycles. The van der Waals surface area contributed by atoms with Gasteiger partial charge >= 0.3 is 0 Å². The summed E-state index contributed by atoms with van der Waals surface area (Å²) < 4.78 is 41.9. The number of anilines is 3. The third-order valence-corrected chi connectivity index (χ3v) is 4.93. The molecule has 2 heterocycles. The van der Waals surface area contributed by atoms with Crippen LogP contribution in [-0.2, 0) is 10.0 Å². The Balaban J connectivity index is 1.91. The Hall–Kier alpha value is -3.02. The van der Waals surface area contributed by atoms with Crippen molar-refractivity contribution in [2.24, 2.45) is 5.14 Å². The van der Waals surface area contributed by atoms with Gasteiger partial charge in [0.25, 0.3) is 5.88 Å². The number of nitrogen functional groups attached to an aromatic ring is 1. The van der Waals surface area contributed by atoms with Crippen LogP contribution >= 0.6 is 11.6 Å². The van der Waals surface area contributed by atoms with Gasteiger partial charge in [0.1, 0.15) is 17.3 Å². The fraction of sp³-hybridized carbons (Fsp3) is 0.167. The Kier molecular flexibility index (Phi) is 6.65. The van der Waals surface area contributed by atoms with E-state index in [1.165, 1.54) is 30.5 Å². The van der Waals surface area contributed by atoms with E-state index < -0.39 is 15.8 Å². The van der Waals surface area contributed by atoms with Gasteiger partial charge in [0, 0.05) is 28.5 Å². The third-order valence-electron chi connectivity index (χ3n) is 3.84. The molecule has 0 fully saturated rings. The summed E-state index contributed by atoms with van der Waals surface area (Å²) in [6, 6.07) is 8.88. The zero-order valence-corrected chi connectivity index (χ0v) is 17.1. The van der Waals surface area contributed by atoms with Crippen LogP contribution in [0.2, 0.25) is 5.02 Å². The molecule has 2 aromatic heterocycles.